The van der Waals surface area contributed by atoms with Gasteiger partial charge in [0.15, 0.2) is 0 Å². The number of amides is 3. The van der Waals surface area contributed by atoms with Gasteiger partial charge in [0.05, 0.1) is 25.1 Å². The Morgan fingerprint density at radius 2 is 1.88 bits per heavy atom. The summed E-state index contributed by atoms with van der Waals surface area (Å²) < 4.78 is 38.5. The van der Waals surface area contributed by atoms with Crippen molar-refractivity contribution < 1.29 is 27.3 Å². The van der Waals surface area contributed by atoms with Crippen molar-refractivity contribution in [3.05, 3.63) is 95.3 Å². The second-order valence-corrected chi connectivity index (χ2v) is 14.3. The van der Waals surface area contributed by atoms with E-state index in [2.05, 4.69) is 54.7 Å². The summed E-state index contributed by atoms with van der Waals surface area (Å²) in [6.07, 6.45) is 4.92. The van der Waals surface area contributed by atoms with Crippen LogP contribution in [0.2, 0.25) is 0 Å². The van der Waals surface area contributed by atoms with Gasteiger partial charge < -0.3 is 20.3 Å². The van der Waals surface area contributed by atoms with Crippen LogP contribution in [0, 0.1) is 25.7 Å². The van der Waals surface area contributed by atoms with Crippen molar-refractivity contribution in [3.8, 4) is 16.9 Å². The van der Waals surface area contributed by atoms with Crippen molar-refractivity contribution in [3.63, 3.8) is 0 Å². The molecule has 0 radical (unpaired) electrons. The van der Waals surface area contributed by atoms with E-state index in [0.29, 0.717) is 49.4 Å². The van der Waals surface area contributed by atoms with Crippen molar-refractivity contribution in [2.45, 2.75) is 46.1 Å². The molecule has 3 aromatic carbocycles. The zero-order chi connectivity index (χ0) is 34.0. The Labute approximate surface area is 281 Å². The molecule has 1 fully saturated rings. The summed E-state index contributed by atoms with van der Waals surface area (Å²) in [5.74, 6) is 1.75. The smallest absolute Gasteiger partial charge is 0.319 e. The van der Waals surface area contributed by atoms with Gasteiger partial charge in [0, 0.05) is 42.6 Å². The van der Waals surface area contributed by atoms with Gasteiger partial charge in [-0.3, -0.25) is 14.0 Å². The summed E-state index contributed by atoms with van der Waals surface area (Å²) >= 11 is 0. The van der Waals surface area contributed by atoms with E-state index in [1.165, 1.54) is 11.1 Å². The summed E-state index contributed by atoms with van der Waals surface area (Å²) in [5, 5.41) is 9.72. The van der Waals surface area contributed by atoms with E-state index in [1.807, 2.05) is 58.4 Å². The second-order valence-electron chi connectivity index (χ2n) is 12.7. The van der Waals surface area contributed by atoms with Gasteiger partial charge in [0.1, 0.15) is 5.75 Å². The van der Waals surface area contributed by atoms with Gasteiger partial charge in [-0.1, -0.05) is 43.3 Å². The van der Waals surface area contributed by atoms with Crippen molar-refractivity contribution in [2.24, 2.45) is 11.8 Å². The average molecular weight is 672 g/mol. The molecule has 11 nitrogen and oxygen atoms in total. The summed E-state index contributed by atoms with van der Waals surface area (Å²) in [4.78, 5) is 27.7. The highest BCUT2D eigenvalue weighted by Gasteiger charge is 2.54. The Kier molecular flexibility index (Phi) is 9.56. The molecule has 0 saturated heterocycles. The van der Waals surface area contributed by atoms with Crippen LogP contribution in [0.1, 0.15) is 47.9 Å². The van der Waals surface area contributed by atoms with Gasteiger partial charge in [-0.25, -0.2) is 4.79 Å². The predicted octanol–water partition coefficient (Wildman–Crippen LogP) is 5.78. The highest BCUT2D eigenvalue weighted by atomic mass is 32.2. The quantitative estimate of drug-likeness (QED) is 0.128. The maximum absolute atomic E-state index is 13.6. The Balaban J connectivity index is 1.11. The molecular formula is C36H41N5O6S. The van der Waals surface area contributed by atoms with Crippen LogP contribution >= 0.6 is 0 Å². The number of rotatable bonds is 12. The van der Waals surface area contributed by atoms with Crippen LogP contribution in [0.4, 0.5) is 16.2 Å². The first-order chi connectivity index (χ1) is 23.0. The molecule has 1 aromatic heterocycles. The van der Waals surface area contributed by atoms with Crippen molar-refractivity contribution in [2.75, 3.05) is 35.7 Å². The van der Waals surface area contributed by atoms with Crippen LogP contribution in [0.3, 0.4) is 0 Å². The first kappa shape index (κ1) is 33.2. The zero-order valence-corrected chi connectivity index (χ0v) is 28.2. The Morgan fingerprint density at radius 3 is 2.69 bits per heavy atom. The molecule has 4 aromatic rings. The zero-order valence-electron chi connectivity index (χ0n) is 27.3. The lowest BCUT2D eigenvalue weighted by Crippen LogP contribution is -2.36. The molecule has 252 valence electrons. The summed E-state index contributed by atoms with van der Waals surface area (Å²) in [6.45, 7) is 7.86. The first-order valence-electron chi connectivity index (χ1n) is 16.2. The molecule has 2 aliphatic rings. The molecular weight excluding hydrogens is 630 g/mol. The molecule has 3 N–H and O–H groups in total. The number of hydrogen-bond acceptors (Lipinski definition) is 6. The Bertz CT molecular complexity index is 1940. The van der Waals surface area contributed by atoms with E-state index in [4.69, 9.17) is 9.29 Å². The number of ether oxygens (including phenoxy) is 1. The number of aromatic nitrogens is 2. The lowest BCUT2D eigenvalue weighted by molar-refractivity contribution is -0.119. The molecule has 3 amide bonds. The van der Waals surface area contributed by atoms with E-state index in [9.17, 15) is 18.0 Å². The van der Waals surface area contributed by atoms with Gasteiger partial charge in [0.25, 0.3) is 10.1 Å². The molecule has 1 saturated carbocycles. The molecule has 3 unspecified atom stereocenters. The Hall–Kier alpha value is -4.68. The third-order valence-corrected chi connectivity index (χ3v) is 10.2. The Morgan fingerprint density at radius 1 is 1.08 bits per heavy atom. The predicted molar refractivity (Wildman–Crippen MR) is 185 cm³/mol. The summed E-state index contributed by atoms with van der Waals surface area (Å²) in [6, 6.07) is 18.9. The number of benzene rings is 3. The van der Waals surface area contributed by atoms with Crippen LogP contribution in [0.15, 0.2) is 73.1 Å². The molecule has 12 heteroatoms. The topological polar surface area (TPSA) is 143 Å². The van der Waals surface area contributed by atoms with Crippen LogP contribution in [0.5, 0.6) is 5.75 Å². The van der Waals surface area contributed by atoms with Gasteiger partial charge in [-0.05, 0) is 90.1 Å². The number of nitrogens with one attached hydrogen (secondary N) is 2. The minimum atomic E-state index is -4.16. The van der Waals surface area contributed by atoms with Crippen LogP contribution in [-0.2, 0) is 21.5 Å². The number of aryl methyl sites for hydroxylation is 1. The number of nitrogens with zero attached hydrogens (tertiary/aromatic N) is 3. The second kappa shape index (κ2) is 13.8. The molecule has 6 rings (SSSR count). The molecule has 48 heavy (non-hydrogen) atoms. The van der Waals surface area contributed by atoms with Crippen molar-refractivity contribution in [1.82, 2.24) is 15.1 Å². The SMILES string of the molecule is Cc1cccc(OCCCC(=O)N2CC3C(C)C3c3c(-c4cnn(Cc5cccc(NC(=O)NCCS(=O)(=O)O)c5)c4)cccc32)c1C. The summed E-state index contributed by atoms with van der Waals surface area (Å²) in [7, 11) is -4.16. The van der Waals surface area contributed by atoms with Crippen molar-refractivity contribution >= 4 is 33.4 Å². The van der Waals surface area contributed by atoms with E-state index >= 15 is 0 Å². The van der Waals surface area contributed by atoms with Gasteiger partial charge >= 0.3 is 6.03 Å². The highest BCUT2D eigenvalue weighted by Crippen LogP contribution is 2.61. The monoisotopic (exact) mass is 671 g/mol. The lowest BCUT2D eigenvalue weighted by Gasteiger charge is -2.30. The standard InChI is InChI=1S/C36H41N5O6S/c1-23-8-4-13-32(24(23)2)47-16-7-14-33(42)41-22-30-25(3)34(30)35-29(11-6-12-31(35)41)27-19-38-40(21-27)20-26-9-5-10-28(18-26)39-36(43)37-15-17-48(44,45)46/h4-6,8-13,18-19,21,25,30,34H,7,14-17,20,22H2,1-3H3,(H2,37,39,43)(H,44,45,46). The van der Waals surface area contributed by atoms with Gasteiger partial charge in [-0.15, -0.1) is 0 Å². The van der Waals surface area contributed by atoms with Crippen molar-refractivity contribution in [1.29, 1.82) is 0 Å². The number of anilines is 2. The number of carbonyl (C=O) groups is 2. The third-order valence-electron chi connectivity index (χ3n) is 9.43. The maximum atomic E-state index is 13.6. The van der Waals surface area contributed by atoms with E-state index in [1.54, 1.807) is 6.07 Å². The molecule has 1 aliphatic heterocycles. The summed E-state index contributed by atoms with van der Waals surface area (Å²) in [5.41, 5.74) is 8.03. The fourth-order valence-corrected chi connectivity index (χ4v) is 7.01. The molecule has 2 heterocycles. The fourth-order valence-electron chi connectivity index (χ4n) is 6.65. The maximum Gasteiger partial charge on any atom is 0.319 e. The normalized spacial score (nSPS) is 18.1. The van der Waals surface area contributed by atoms with E-state index in [-0.39, 0.29) is 12.5 Å². The number of fused-ring (bicyclic) bond motifs is 3. The minimum Gasteiger partial charge on any atom is -0.493 e. The highest BCUT2D eigenvalue weighted by molar-refractivity contribution is 7.85. The largest absolute Gasteiger partial charge is 0.493 e. The first-order valence-corrected chi connectivity index (χ1v) is 17.8. The van der Waals surface area contributed by atoms with Gasteiger partial charge in [-0.2, -0.15) is 13.5 Å². The van der Waals surface area contributed by atoms with Crippen LogP contribution < -0.4 is 20.3 Å². The number of carbonyl (C=O) groups excluding carboxylic acids is 2. The van der Waals surface area contributed by atoms with Gasteiger partial charge in [0.2, 0.25) is 5.91 Å². The van der Waals surface area contributed by atoms with Crippen LogP contribution in [0.25, 0.3) is 11.1 Å². The molecule has 1 aliphatic carbocycles. The minimum absolute atomic E-state index is 0.117. The molecule has 3 atom stereocenters. The number of urea groups is 1. The third kappa shape index (κ3) is 7.55. The average Bonchev–Trinajstić information content (AvgIpc) is 3.46. The lowest BCUT2D eigenvalue weighted by atomic mass is 9.92. The fraction of sp³-hybridized carbons (Fsp3) is 0.361. The van der Waals surface area contributed by atoms with Crippen LogP contribution in [-0.4, -0.2) is 60.1 Å². The molecule has 0 bridgehead atoms. The van der Waals surface area contributed by atoms with E-state index < -0.39 is 21.9 Å². The van der Waals surface area contributed by atoms with E-state index in [0.717, 1.165) is 40.2 Å². The molecule has 0 spiro atoms. The number of hydrogen-bond donors (Lipinski definition) is 3.